The lowest BCUT2D eigenvalue weighted by Gasteiger charge is -2.23. The minimum atomic E-state index is -0.570. The molecule has 3 aromatic carbocycles. The molecule has 0 saturated heterocycles. The first kappa shape index (κ1) is 31.7. The summed E-state index contributed by atoms with van der Waals surface area (Å²) in [5.74, 6) is 0.151. The highest BCUT2D eigenvalue weighted by Crippen LogP contribution is 2.30. The summed E-state index contributed by atoms with van der Waals surface area (Å²) < 4.78 is 15.9. The van der Waals surface area contributed by atoms with Gasteiger partial charge in [-0.1, -0.05) is 56.3 Å². The van der Waals surface area contributed by atoms with Crippen LogP contribution in [0, 0.1) is 5.92 Å². The molecule has 0 saturated carbocycles. The highest BCUT2D eigenvalue weighted by molar-refractivity contribution is 5.99. The molecule has 3 aromatic rings. The van der Waals surface area contributed by atoms with Gasteiger partial charge in [0.05, 0.1) is 38.8 Å². The van der Waals surface area contributed by atoms with E-state index in [-0.39, 0.29) is 37.2 Å². The molecular formula is C32H37N3O7. The fourth-order valence-electron chi connectivity index (χ4n) is 4.31. The zero-order chi connectivity index (χ0) is 30.5. The Labute approximate surface area is 245 Å². The van der Waals surface area contributed by atoms with Gasteiger partial charge in [0.15, 0.2) is 6.61 Å². The van der Waals surface area contributed by atoms with Crippen LogP contribution < -0.4 is 25.4 Å². The van der Waals surface area contributed by atoms with Crippen molar-refractivity contribution in [3.05, 3.63) is 89.5 Å². The molecule has 10 nitrogen and oxygen atoms in total. The number of amides is 3. The molecule has 0 aliphatic carbocycles. The van der Waals surface area contributed by atoms with E-state index >= 15 is 0 Å². The van der Waals surface area contributed by atoms with Gasteiger partial charge in [0.25, 0.3) is 0 Å². The predicted molar refractivity (Wildman–Crippen MR) is 159 cm³/mol. The van der Waals surface area contributed by atoms with Crippen LogP contribution in [-0.2, 0) is 20.7 Å². The van der Waals surface area contributed by atoms with Crippen LogP contribution in [0.5, 0.6) is 11.5 Å². The van der Waals surface area contributed by atoms with Crippen LogP contribution in [0.2, 0.25) is 0 Å². The van der Waals surface area contributed by atoms with E-state index < -0.39 is 18.0 Å². The van der Waals surface area contributed by atoms with Gasteiger partial charge in [-0.3, -0.25) is 14.4 Å². The van der Waals surface area contributed by atoms with Crippen molar-refractivity contribution in [2.24, 2.45) is 5.92 Å². The third-order valence-electron chi connectivity index (χ3n) is 6.27. The van der Waals surface area contributed by atoms with Crippen LogP contribution in [-0.4, -0.2) is 51.1 Å². The molecule has 10 heteroatoms. The van der Waals surface area contributed by atoms with Crippen molar-refractivity contribution < 1.29 is 33.4 Å². The van der Waals surface area contributed by atoms with Crippen LogP contribution in [0.15, 0.2) is 72.8 Å². The topological polar surface area (TPSA) is 132 Å². The molecule has 3 N–H and O–H groups in total. The van der Waals surface area contributed by atoms with Gasteiger partial charge in [-0.2, -0.15) is 0 Å². The van der Waals surface area contributed by atoms with Crippen LogP contribution in [0.25, 0.3) is 0 Å². The number of methoxy groups -OCH3 is 2. The van der Waals surface area contributed by atoms with E-state index in [0.717, 1.165) is 5.56 Å². The van der Waals surface area contributed by atoms with Crippen LogP contribution in [0.4, 0.5) is 10.5 Å². The minimum absolute atomic E-state index is 0.0765. The Balaban J connectivity index is 1.62. The predicted octanol–water partition coefficient (Wildman–Crippen LogP) is 4.70. The van der Waals surface area contributed by atoms with Crippen molar-refractivity contribution in [2.45, 2.75) is 32.7 Å². The first-order valence-corrected chi connectivity index (χ1v) is 13.6. The lowest BCUT2D eigenvalue weighted by Crippen LogP contribution is -2.40. The molecular weight excluding hydrogens is 538 g/mol. The molecule has 0 bridgehead atoms. The first-order chi connectivity index (χ1) is 20.2. The zero-order valence-electron chi connectivity index (χ0n) is 24.3. The molecule has 0 heterocycles. The Hall–Kier alpha value is -4.86. The number of ether oxygens (including phenoxy) is 3. The molecule has 0 radical (unpaired) electrons. The summed E-state index contributed by atoms with van der Waals surface area (Å²) >= 11 is 0. The van der Waals surface area contributed by atoms with E-state index in [2.05, 4.69) is 20.7 Å². The molecule has 222 valence electrons. The normalized spacial score (nSPS) is 11.3. The number of hydrogen-bond donors (Lipinski definition) is 3. The molecule has 1 atom stereocenters. The monoisotopic (exact) mass is 575 g/mol. The van der Waals surface area contributed by atoms with E-state index in [0.29, 0.717) is 34.7 Å². The number of carbonyl (C=O) groups is 4. The van der Waals surface area contributed by atoms with Gasteiger partial charge in [-0.05, 0) is 48.2 Å². The van der Waals surface area contributed by atoms with Gasteiger partial charge in [0, 0.05) is 11.3 Å². The number of nitrogens with one attached hydrogen (secondary N) is 3. The summed E-state index contributed by atoms with van der Waals surface area (Å²) in [7, 11) is 2.82. The number of hydrogen-bond acceptors (Lipinski definition) is 7. The highest BCUT2D eigenvalue weighted by atomic mass is 16.5. The smallest absolute Gasteiger partial charge is 0.319 e. The number of para-hydroxylation sites is 2. The Morgan fingerprint density at radius 2 is 1.57 bits per heavy atom. The third-order valence-corrected chi connectivity index (χ3v) is 6.27. The second-order valence-corrected chi connectivity index (χ2v) is 9.96. The molecule has 0 aromatic heterocycles. The summed E-state index contributed by atoms with van der Waals surface area (Å²) in [5.41, 5.74) is 2.29. The summed E-state index contributed by atoms with van der Waals surface area (Å²) in [6.07, 6.45) is 0.679. The van der Waals surface area contributed by atoms with E-state index in [1.807, 2.05) is 26.0 Å². The van der Waals surface area contributed by atoms with Gasteiger partial charge < -0.3 is 30.2 Å². The second-order valence-electron chi connectivity index (χ2n) is 9.96. The number of ketones is 1. The van der Waals surface area contributed by atoms with Crippen LogP contribution in [0.1, 0.15) is 47.8 Å². The summed E-state index contributed by atoms with van der Waals surface area (Å²) in [5, 5.41) is 8.20. The van der Waals surface area contributed by atoms with Crippen molar-refractivity contribution in [1.82, 2.24) is 10.6 Å². The average Bonchev–Trinajstić information content (AvgIpc) is 2.98. The zero-order valence-corrected chi connectivity index (χ0v) is 24.3. The Morgan fingerprint density at radius 3 is 2.29 bits per heavy atom. The maximum absolute atomic E-state index is 12.9. The van der Waals surface area contributed by atoms with E-state index in [4.69, 9.17) is 9.47 Å². The third kappa shape index (κ3) is 9.65. The number of esters is 1. The van der Waals surface area contributed by atoms with Gasteiger partial charge in [0.2, 0.25) is 11.7 Å². The number of benzene rings is 3. The lowest BCUT2D eigenvalue weighted by molar-refractivity contribution is -0.139. The quantitative estimate of drug-likeness (QED) is 0.188. The number of carbonyl (C=O) groups excluding carboxylic acids is 4. The molecule has 0 spiro atoms. The maximum atomic E-state index is 12.9. The van der Waals surface area contributed by atoms with Crippen molar-refractivity contribution in [1.29, 1.82) is 0 Å². The highest BCUT2D eigenvalue weighted by Gasteiger charge is 2.21. The first-order valence-electron chi connectivity index (χ1n) is 13.6. The van der Waals surface area contributed by atoms with Crippen molar-refractivity contribution in [3.8, 4) is 11.5 Å². The van der Waals surface area contributed by atoms with Gasteiger partial charge in [-0.25, -0.2) is 4.79 Å². The summed E-state index contributed by atoms with van der Waals surface area (Å²) in [4.78, 5) is 49.7. The maximum Gasteiger partial charge on any atom is 0.319 e. The molecule has 42 heavy (non-hydrogen) atoms. The molecule has 0 aliphatic heterocycles. The second kappa shape index (κ2) is 15.8. The number of Topliss-reactive ketones (excluding diaryl/α,β-unsaturated/α-hetero) is 1. The van der Waals surface area contributed by atoms with Gasteiger partial charge in [-0.15, -0.1) is 0 Å². The van der Waals surface area contributed by atoms with E-state index in [1.165, 1.54) is 14.2 Å². The Kier molecular flexibility index (Phi) is 11.9. The molecule has 0 aliphatic rings. The largest absolute Gasteiger partial charge is 0.496 e. The average molecular weight is 576 g/mol. The van der Waals surface area contributed by atoms with Crippen molar-refractivity contribution >= 4 is 29.4 Å². The SMILES string of the molecule is COC(=O)Cc1cccc(NC(=O)NCC(=O)NC(CC(C)C)c2ccccc2OCC(=O)c2ccccc2OC)c1. The van der Waals surface area contributed by atoms with Crippen molar-refractivity contribution in [3.63, 3.8) is 0 Å². The minimum Gasteiger partial charge on any atom is -0.496 e. The fourth-order valence-corrected chi connectivity index (χ4v) is 4.31. The van der Waals surface area contributed by atoms with Crippen molar-refractivity contribution in [2.75, 3.05) is 32.7 Å². The number of urea groups is 1. The summed E-state index contributed by atoms with van der Waals surface area (Å²) in [6, 6.07) is 20.0. The molecule has 3 amide bonds. The standard InChI is InChI=1S/C32H37N3O7/c1-21(2)16-26(24-12-5-8-15-29(24)42-20-27(36)25-13-6-7-14-28(25)40-3)35-30(37)19-33-32(39)34-23-11-9-10-22(17-23)18-31(38)41-4/h5-15,17,21,26H,16,18-20H2,1-4H3,(H,35,37)(H2,33,34,39). The van der Waals surface area contributed by atoms with E-state index in [9.17, 15) is 19.2 Å². The molecule has 0 fully saturated rings. The van der Waals surface area contributed by atoms with Gasteiger partial charge in [0.1, 0.15) is 11.5 Å². The molecule has 1 unspecified atom stereocenters. The van der Waals surface area contributed by atoms with E-state index in [1.54, 1.807) is 60.7 Å². The van der Waals surface area contributed by atoms with Crippen LogP contribution in [0.3, 0.4) is 0 Å². The number of anilines is 1. The summed E-state index contributed by atoms with van der Waals surface area (Å²) in [6.45, 7) is 3.60. The van der Waals surface area contributed by atoms with Crippen LogP contribution >= 0.6 is 0 Å². The lowest BCUT2D eigenvalue weighted by atomic mass is 9.96. The Bertz CT molecular complexity index is 1390. The number of rotatable bonds is 14. The Morgan fingerprint density at radius 1 is 0.857 bits per heavy atom. The van der Waals surface area contributed by atoms with Gasteiger partial charge >= 0.3 is 12.0 Å². The molecule has 3 rings (SSSR count). The fraction of sp³-hybridized carbons (Fsp3) is 0.312.